The van der Waals surface area contributed by atoms with Crippen LogP contribution >= 0.6 is 0 Å². The molecule has 0 bridgehead atoms. The van der Waals surface area contributed by atoms with Gasteiger partial charge in [0.25, 0.3) is 0 Å². The van der Waals surface area contributed by atoms with Gasteiger partial charge in [0.15, 0.2) is 5.84 Å². The summed E-state index contributed by atoms with van der Waals surface area (Å²) in [5.74, 6) is 5.73. The van der Waals surface area contributed by atoms with Crippen LogP contribution in [0.4, 0.5) is 5.69 Å². The smallest absolute Gasteiger partial charge is 0.250 e. The zero-order chi connectivity index (χ0) is 26.9. The van der Waals surface area contributed by atoms with Gasteiger partial charge in [0.1, 0.15) is 0 Å². The number of nitrogens with two attached hydrogens (primary N) is 1. The maximum Gasteiger partial charge on any atom is 0.250 e. The fourth-order valence-electron chi connectivity index (χ4n) is 5.10. The van der Waals surface area contributed by atoms with Crippen LogP contribution in [0.1, 0.15) is 63.0 Å². The number of fused-ring (bicyclic) bond motifs is 1. The highest BCUT2D eigenvalue weighted by atomic mass is 16.3. The van der Waals surface area contributed by atoms with Crippen molar-refractivity contribution in [3.63, 3.8) is 0 Å². The van der Waals surface area contributed by atoms with Crippen molar-refractivity contribution in [2.24, 2.45) is 26.3 Å². The average molecular weight is 518 g/mol. The minimum absolute atomic E-state index is 0.120. The lowest BCUT2D eigenvalue weighted by atomic mass is 9.91. The number of benzene rings is 1. The van der Waals surface area contributed by atoms with Gasteiger partial charge in [-0.3, -0.25) is 9.59 Å². The van der Waals surface area contributed by atoms with Crippen molar-refractivity contribution in [1.29, 1.82) is 0 Å². The van der Waals surface area contributed by atoms with Gasteiger partial charge in [0.2, 0.25) is 11.8 Å². The van der Waals surface area contributed by atoms with E-state index in [1.165, 1.54) is 0 Å². The zero-order valence-electron chi connectivity index (χ0n) is 21.9. The van der Waals surface area contributed by atoms with Crippen LogP contribution in [0, 0.1) is 4.91 Å². The van der Waals surface area contributed by atoms with E-state index in [-0.39, 0.29) is 24.8 Å². The first kappa shape index (κ1) is 27.1. The summed E-state index contributed by atoms with van der Waals surface area (Å²) in [6.07, 6.45) is 11.0. The Kier molecular flexibility index (Phi) is 9.29. The number of rotatable bonds is 9. The normalized spacial score (nSPS) is 17.2. The molecule has 1 saturated heterocycles. The maximum atomic E-state index is 13.4. The first-order chi connectivity index (χ1) is 18.5. The molecule has 10 nitrogen and oxygen atoms in total. The fourth-order valence-corrected chi connectivity index (χ4v) is 5.10. The van der Waals surface area contributed by atoms with Crippen LogP contribution in [0.25, 0.3) is 11.6 Å². The number of aliphatic imine (C=N–C) groups is 1. The Morgan fingerprint density at radius 2 is 1.92 bits per heavy atom. The minimum Gasteiger partial charge on any atom is -0.339 e. The predicted octanol–water partition coefficient (Wildman–Crippen LogP) is 4.95. The molecule has 0 aromatic heterocycles. The van der Waals surface area contributed by atoms with E-state index in [4.69, 9.17) is 5.84 Å². The molecule has 2 N–H and O–H groups in total. The first-order valence-corrected chi connectivity index (χ1v) is 13.3. The lowest BCUT2D eigenvalue weighted by Gasteiger charge is -2.23. The number of nitrogens with zero attached hydrogens (tertiary/aromatic N) is 6. The van der Waals surface area contributed by atoms with Crippen LogP contribution < -0.4 is 5.84 Å². The van der Waals surface area contributed by atoms with E-state index in [2.05, 4.69) is 20.5 Å². The van der Waals surface area contributed by atoms with Gasteiger partial charge in [0, 0.05) is 49.3 Å². The number of amidine groups is 1. The van der Waals surface area contributed by atoms with Crippen molar-refractivity contribution in [3.05, 3.63) is 57.5 Å². The van der Waals surface area contributed by atoms with Gasteiger partial charge in [-0.1, -0.05) is 41.6 Å². The Hall–Kier alpha value is -3.95. The van der Waals surface area contributed by atoms with Crippen molar-refractivity contribution >= 4 is 35.0 Å². The molecule has 1 fully saturated rings. The molecule has 3 aliphatic rings. The standard InChI is InChI=1S/C28H35N7O3/c1-2-13-34(16-5-12-30-38)28(37)24-17-23-11-10-22(18-25(23)31-26(19-24)32-33-29)20-6-8-21(9-7-20)27(36)35-14-3-4-15-35/h6,8,10-11,17-18H,2-5,7,9,12-16,19H2,1H3,(H2,29,31,32). The van der Waals surface area contributed by atoms with Crippen LogP contribution in [0.2, 0.25) is 0 Å². The predicted molar refractivity (Wildman–Crippen MR) is 148 cm³/mol. The van der Waals surface area contributed by atoms with Crippen molar-refractivity contribution in [3.8, 4) is 0 Å². The average Bonchev–Trinajstić information content (AvgIpc) is 3.41. The quantitative estimate of drug-likeness (QED) is 0.163. The molecule has 1 aliphatic carbocycles. The van der Waals surface area contributed by atoms with Gasteiger partial charge >= 0.3 is 0 Å². The second-order valence-electron chi connectivity index (χ2n) is 9.75. The lowest BCUT2D eigenvalue weighted by Crippen LogP contribution is -2.34. The van der Waals surface area contributed by atoms with Crippen LogP contribution in [-0.4, -0.2) is 60.2 Å². The molecule has 1 aromatic rings. The molecule has 0 unspecified atom stereocenters. The second kappa shape index (κ2) is 13.0. The number of hydrogen-bond donors (Lipinski definition) is 1. The molecule has 38 heavy (non-hydrogen) atoms. The van der Waals surface area contributed by atoms with Gasteiger partial charge in [-0.2, -0.15) is 4.91 Å². The van der Waals surface area contributed by atoms with Gasteiger partial charge in [0.05, 0.1) is 12.2 Å². The van der Waals surface area contributed by atoms with Crippen LogP contribution in [-0.2, 0) is 9.59 Å². The summed E-state index contributed by atoms with van der Waals surface area (Å²) in [7, 11) is 0. The number of hydrogen-bond acceptors (Lipinski definition) is 7. The SMILES string of the molecule is CCCN(CCCN=O)C(=O)C1=Cc2ccc(C3=CC=C(C(=O)N4CCCC4)CC3)cc2N=C(N=NN)C1. The highest BCUT2D eigenvalue weighted by Crippen LogP contribution is 2.34. The molecule has 4 rings (SSSR count). The molecule has 10 heteroatoms. The topological polar surface area (TPSA) is 133 Å². The summed E-state index contributed by atoms with van der Waals surface area (Å²) in [5.41, 5.74) is 5.04. The third kappa shape index (κ3) is 6.48. The lowest BCUT2D eigenvalue weighted by molar-refractivity contribution is -0.127. The maximum absolute atomic E-state index is 13.4. The molecule has 1 aromatic carbocycles. The largest absolute Gasteiger partial charge is 0.339 e. The van der Waals surface area contributed by atoms with E-state index >= 15 is 0 Å². The Labute approximate surface area is 223 Å². The van der Waals surface area contributed by atoms with E-state index < -0.39 is 0 Å². The Balaban J connectivity index is 1.60. The Morgan fingerprint density at radius 1 is 1.11 bits per heavy atom. The number of nitroso groups, excluding NO2 is 1. The number of carbonyl (C=O) groups is 2. The van der Waals surface area contributed by atoms with Gasteiger partial charge in [-0.05, 0) is 61.8 Å². The van der Waals surface area contributed by atoms with Crippen molar-refractivity contribution < 1.29 is 9.59 Å². The summed E-state index contributed by atoms with van der Waals surface area (Å²) >= 11 is 0. The summed E-state index contributed by atoms with van der Waals surface area (Å²) in [6.45, 7) is 4.91. The van der Waals surface area contributed by atoms with Crippen molar-refractivity contribution in [2.45, 2.75) is 51.9 Å². The molecule has 200 valence electrons. The molecule has 2 aliphatic heterocycles. The Bertz CT molecular complexity index is 1220. The van der Waals surface area contributed by atoms with Crippen LogP contribution in [0.3, 0.4) is 0 Å². The van der Waals surface area contributed by atoms with Gasteiger partial charge in [-0.15, -0.1) is 5.11 Å². The van der Waals surface area contributed by atoms with E-state index in [1.807, 2.05) is 48.3 Å². The van der Waals surface area contributed by atoms with Crippen molar-refractivity contribution in [1.82, 2.24) is 9.80 Å². The number of carbonyl (C=O) groups excluding carboxylic acids is 2. The molecule has 2 heterocycles. The Morgan fingerprint density at radius 3 is 2.61 bits per heavy atom. The van der Waals surface area contributed by atoms with Gasteiger partial charge < -0.3 is 15.6 Å². The fraction of sp³-hybridized carbons (Fsp3) is 0.464. The highest BCUT2D eigenvalue weighted by Gasteiger charge is 2.24. The second-order valence-corrected chi connectivity index (χ2v) is 9.75. The van der Waals surface area contributed by atoms with E-state index in [1.54, 1.807) is 4.90 Å². The zero-order valence-corrected chi connectivity index (χ0v) is 21.9. The molecular formula is C28H35N7O3. The van der Waals surface area contributed by atoms with Gasteiger partial charge in [-0.25, -0.2) is 4.99 Å². The van der Waals surface area contributed by atoms with E-state index in [0.29, 0.717) is 43.0 Å². The minimum atomic E-state index is -0.120. The van der Waals surface area contributed by atoms with Crippen molar-refractivity contribution in [2.75, 3.05) is 32.7 Å². The molecular weight excluding hydrogens is 482 g/mol. The monoisotopic (exact) mass is 517 g/mol. The third-order valence-electron chi connectivity index (χ3n) is 7.05. The third-order valence-corrected chi connectivity index (χ3v) is 7.05. The summed E-state index contributed by atoms with van der Waals surface area (Å²) < 4.78 is 0. The van der Waals surface area contributed by atoms with E-state index in [9.17, 15) is 14.5 Å². The molecule has 0 saturated carbocycles. The highest BCUT2D eigenvalue weighted by molar-refractivity contribution is 6.06. The molecule has 0 atom stereocenters. The van der Waals surface area contributed by atoms with Crippen LogP contribution in [0.15, 0.2) is 62.0 Å². The number of likely N-dealkylation sites (tertiary alicyclic amines) is 1. The summed E-state index contributed by atoms with van der Waals surface area (Å²) in [6, 6.07) is 5.96. The summed E-state index contributed by atoms with van der Waals surface area (Å²) in [5, 5.41) is 10.3. The van der Waals surface area contributed by atoms with Crippen LogP contribution in [0.5, 0.6) is 0 Å². The number of amides is 2. The molecule has 0 radical (unpaired) electrons. The molecule has 2 amide bonds. The first-order valence-electron chi connectivity index (χ1n) is 13.3. The van der Waals surface area contributed by atoms with E-state index in [0.717, 1.165) is 61.0 Å². The number of allylic oxidation sites excluding steroid dienone is 3. The summed E-state index contributed by atoms with van der Waals surface area (Å²) in [4.78, 5) is 45.1. The molecule has 0 spiro atoms.